The summed E-state index contributed by atoms with van der Waals surface area (Å²) >= 11 is 0. The van der Waals surface area contributed by atoms with Gasteiger partial charge in [0.25, 0.3) is 0 Å². The second-order valence-electron chi connectivity index (χ2n) is 9.29. The molecule has 0 bridgehead atoms. The molecule has 13 nitrogen and oxygen atoms in total. The van der Waals surface area contributed by atoms with Crippen LogP contribution in [0.15, 0.2) is 0 Å². The monoisotopic (exact) mass is 659 g/mol. The van der Waals surface area contributed by atoms with E-state index in [9.17, 15) is 49.5 Å². The van der Waals surface area contributed by atoms with E-state index in [1.807, 2.05) is 0 Å². The van der Waals surface area contributed by atoms with Crippen LogP contribution in [0, 0.1) is 39.9 Å². The minimum atomic E-state index is -1.19. The summed E-state index contributed by atoms with van der Waals surface area (Å²) in [6.07, 6.45) is 4.99. The van der Waals surface area contributed by atoms with E-state index in [2.05, 4.69) is 0 Å². The van der Waals surface area contributed by atoms with Gasteiger partial charge in [0, 0.05) is 24.2 Å². The van der Waals surface area contributed by atoms with Gasteiger partial charge in [0.05, 0.1) is 32.7 Å². The summed E-state index contributed by atoms with van der Waals surface area (Å²) in [6, 6.07) is -1.99. The SMILES string of the molecule is O=C(O)CN(CC(=O)O)[C@@H]1CCCC[C@H]1N(CC(=O)O)[C@@H]1CCCC[C@H]1N(CC(=O)O)CC(=O)O.[Gd+3]. The molecule has 0 aromatic heterocycles. The summed E-state index contributed by atoms with van der Waals surface area (Å²) in [7, 11) is 0. The molecule has 0 aromatic rings. The Morgan fingerprint density at radius 3 is 0.972 bits per heavy atom. The Kier molecular flexibility index (Phi) is 14.2. The van der Waals surface area contributed by atoms with Crippen LogP contribution in [0.3, 0.4) is 0 Å². The van der Waals surface area contributed by atoms with E-state index >= 15 is 0 Å². The topological polar surface area (TPSA) is 196 Å². The van der Waals surface area contributed by atoms with Crippen molar-refractivity contribution in [3.63, 3.8) is 0 Å². The van der Waals surface area contributed by atoms with Crippen molar-refractivity contribution in [3.05, 3.63) is 0 Å². The molecule has 4 atom stereocenters. The van der Waals surface area contributed by atoms with Crippen molar-refractivity contribution >= 4 is 29.8 Å². The van der Waals surface area contributed by atoms with Crippen molar-refractivity contribution in [2.24, 2.45) is 0 Å². The molecule has 1 radical (unpaired) electrons. The maximum absolute atomic E-state index is 11.9. The standard InChI is InChI=1S/C22H35N3O10.Gd/c26-18(27)9-23(10-19(28)29)14-5-1-3-7-16(14)25(13-22(34)35)17-8-4-2-6-15(17)24(11-20(30)31)12-21(32)33;/h14-17H,1-13H2,(H,26,27)(H,28,29)(H,30,31)(H,32,33)(H,34,35);/q;+3/t14-,15-,16-,17-;/m1./s1. The summed E-state index contributed by atoms with van der Waals surface area (Å²) in [4.78, 5) is 62.3. The molecular weight excluding hydrogens is 624 g/mol. The van der Waals surface area contributed by atoms with Crippen molar-refractivity contribution in [3.8, 4) is 0 Å². The molecule has 2 aliphatic carbocycles. The van der Waals surface area contributed by atoms with E-state index in [0.717, 1.165) is 25.7 Å². The number of carboxylic acid groups (broad SMARTS) is 5. The molecule has 2 saturated carbocycles. The van der Waals surface area contributed by atoms with E-state index in [1.165, 1.54) is 9.80 Å². The van der Waals surface area contributed by atoms with Crippen LogP contribution in [0.2, 0.25) is 0 Å². The third-order valence-electron chi connectivity index (χ3n) is 6.85. The van der Waals surface area contributed by atoms with Crippen molar-refractivity contribution in [2.75, 3.05) is 32.7 Å². The smallest absolute Gasteiger partial charge is 0.480 e. The van der Waals surface area contributed by atoms with E-state index in [1.54, 1.807) is 4.90 Å². The third-order valence-corrected chi connectivity index (χ3v) is 6.85. The quantitative estimate of drug-likeness (QED) is 0.167. The Hall–Kier alpha value is -1.45. The molecule has 0 heterocycles. The van der Waals surface area contributed by atoms with Gasteiger partial charge in [-0.05, 0) is 25.7 Å². The minimum absolute atomic E-state index is 0. The first kappa shape index (κ1) is 32.6. The Balaban J connectivity index is 0.00000648. The molecule has 0 aromatic carbocycles. The van der Waals surface area contributed by atoms with Gasteiger partial charge < -0.3 is 25.5 Å². The second-order valence-corrected chi connectivity index (χ2v) is 9.29. The van der Waals surface area contributed by atoms with Gasteiger partial charge in [-0.15, -0.1) is 0 Å². The molecule has 2 fully saturated rings. The Morgan fingerprint density at radius 1 is 0.472 bits per heavy atom. The first-order valence-corrected chi connectivity index (χ1v) is 11.8. The largest absolute Gasteiger partial charge is 3.00 e. The second kappa shape index (κ2) is 15.7. The summed E-state index contributed by atoms with van der Waals surface area (Å²) in [5.74, 6) is -5.88. The number of hydrogen-bond donors (Lipinski definition) is 5. The van der Waals surface area contributed by atoms with Crippen molar-refractivity contribution < 1.29 is 89.4 Å². The molecular formula is C22H35GdN3O10+3. The zero-order valence-electron chi connectivity index (χ0n) is 20.0. The molecule has 2 rings (SSSR count). The molecule has 0 spiro atoms. The maximum Gasteiger partial charge on any atom is 3.00 e. The van der Waals surface area contributed by atoms with Gasteiger partial charge in [0.15, 0.2) is 0 Å². The van der Waals surface area contributed by atoms with Crippen LogP contribution in [0.4, 0.5) is 0 Å². The molecule has 5 N–H and O–H groups in total. The average Bonchev–Trinajstić information content (AvgIpc) is 2.75. The van der Waals surface area contributed by atoms with Crippen LogP contribution in [0.25, 0.3) is 0 Å². The molecule has 203 valence electrons. The maximum atomic E-state index is 11.9. The molecule has 0 aliphatic heterocycles. The number of hydrogen-bond acceptors (Lipinski definition) is 8. The van der Waals surface area contributed by atoms with Gasteiger partial charge in [-0.1, -0.05) is 25.7 Å². The number of aliphatic carboxylic acids is 5. The van der Waals surface area contributed by atoms with Gasteiger partial charge in [-0.25, -0.2) is 0 Å². The first-order chi connectivity index (χ1) is 16.5. The molecule has 2 aliphatic rings. The van der Waals surface area contributed by atoms with E-state index in [-0.39, 0.29) is 39.9 Å². The van der Waals surface area contributed by atoms with Gasteiger partial charge in [0.1, 0.15) is 0 Å². The summed E-state index contributed by atoms with van der Waals surface area (Å²) in [5, 5.41) is 47.2. The van der Waals surface area contributed by atoms with E-state index in [0.29, 0.717) is 25.7 Å². The first-order valence-electron chi connectivity index (χ1n) is 11.8. The number of rotatable bonds is 14. The summed E-state index contributed by atoms with van der Waals surface area (Å²) in [6.45, 7) is -2.43. The van der Waals surface area contributed by atoms with Gasteiger partial charge in [-0.2, -0.15) is 0 Å². The normalized spacial score (nSPS) is 24.3. The minimum Gasteiger partial charge on any atom is -0.480 e. The van der Waals surface area contributed by atoms with Crippen LogP contribution < -0.4 is 0 Å². The van der Waals surface area contributed by atoms with Crippen LogP contribution in [0.1, 0.15) is 51.4 Å². The van der Waals surface area contributed by atoms with Gasteiger partial charge in [0.2, 0.25) is 0 Å². The van der Waals surface area contributed by atoms with E-state index in [4.69, 9.17) is 0 Å². The zero-order chi connectivity index (χ0) is 26.1. The number of carboxylic acids is 5. The third kappa shape index (κ3) is 10.1. The molecule has 0 unspecified atom stereocenters. The van der Waals surface area contributed by atoms with Crippen molar-refractivity contribution in [1.82, 2.24) is 14.7 Å². The number of carbonyl (C=O) groups is 5. The van der Waals surface area contributed by atoms with Crippen molar-refractivity contribution in [1.29, 1.82) is 0 Å². The molecule has 0 amide bonds. The average molecular weight is 659 g/mol. The van der Waals surface area contributed by atoms with Gasteiger partial charge >= 0.3 is 69.8 Å². The Labute approximate surface area is 241 Å². The molecule has 0 saturated heterocycles. The predicted molar refractivity (Wildman–Crippen MR) is 120 cm³/mol. The molecule has 36 heavy (non-hydrogen) atoms. The van der Waals surface area contributed by atoms with Crippen LogP contribution >= 0.6 is 0 Å². The van der Waals surface area contributed by atoms with Crippen LogP contribution in [-0.4, -0.2) is 127 Å². The van der Waals surface area contributed by atoms with Crippen LogP contribution in [0.5, 0.6) is 0 Å². The Bertz CT molecular complexity index is 710. The number of nitrogens with zero attached hydrogens (tertiary/aromatic N) is 3. The van der Waals surface area contributed by atoms with Gasteiger partial charge in [-0.3, -0.25) is 38.7 Å². The van der Waals surface area contributed by atoms with Crippen molar-refractivity contribution in [2.45, 2.75) is 75.5 Å². The van der Waals surface area contributed by atoms with Crippen LogP contribution in [-0.2, 0) is 24.0 Å². The summed E-state index contributed by atoms with van der Waals surface area (Å²) in [5.41, 5.74) is 0. The fourth-order valence-corrected chi connectivity index (χ4v) is 5.72. The summed E-state index contributed by atoms with van der Waals surface area (Å²) < 4.78 is 0. The molecule has 14 heteroatoms. The fourth-order valence-electron chi connectivity index (χ4n) is 5.72. The van der Waals surface area contributed by atoms with E-state index < -0.39 is 86.7 Å². The zero-order valence-corrected chi connectivity index (χ0v) is 22.2. The fraction of sp³-hybridized carbons (Fsp3) is 0.773. The predicted octanol–water partition coefficient (Wildman–Crippen LogP) is -0.0622. The Morgan fingerprint density at radius 2 is 0.722 bits per heavy atom.